The second-order valence-corrected chi connectivity index (χ2v) is 6.16. The number of nitro benzene ring substituents is 1. The molecule has 0 amide bonds. The molecule has 12 heteroatoms. The number of hydrogen-bond donors (Lipinski definition) is 2. The van der Waals surface area contributed by atoms with E-state index in [1.54, 1.807) is 0 Å². The first-order valence-electron chi connectivity index (χ1n) is 6.15. The number of ketones is 1. The molecule has 1 aromatic heterocycles. The molecule has 0 radical (unpaired) electrons. The van der Waals surface area contributed by atoms with E-state index in [0.29, 0.717) is 0 Å². The number of carbonyl (C=O) groups excluding carboxylic acids is 1. The Hall–Kier alpha value is -2.50. The number of nitro groups is 1. The number of halogens is 1. The Labute approximate surface area is 139 Å². The summed E-state index contributed by atoms with van der Waals surface area (Å²) in [6.45, 7) is 2.37. The summed E-state index contributed by atoms with van der Waals surface area (Å²) in [7, 11) is -5.07. The zero-order chi connectivity index (χ0) is 18.4. The molecule has 128 valence electrons. The fourth-order valence-corrected chi connectivity index (χ4v) is 2.95. The molecule has 2 rings (SSSR count). The lowest BCUT2D eigenvalue weighted by Gasteiger charge is -2.11. The van der Waals surface area contributed by atoms with Gasteiger partial charge in [0.25, 0.3) is 5.56 Å². The van der Waals surface area contributed by atoms with E-state index in [4.69, 9.17) is 16.2 Å². The minimum atomic E-state index is -5.07. The van der Waals surface area contributed by atoms with Crippen molar-refractivity contribution in [3.8, 4) is 5.75 Å². The molecule has 0 bridgehead atoms. The highest BCUT2D eigenvalue weighted by Crippen LogP contribution is 2.41. The van der Waals surface area contributed by atoms with Crippen molar-refractivity contribution < 1.29 is 26.9 Å². The summed E-state index contributed by atoms with van der Waals surface area (Å²) in [6, 6.07) is 0.763. The Kier molecular flexibility index (Phi) is 4.35. The molecule has 1 aromatic carbocycles. The molecule has 0 atom stereocenters. The molecular formula is C12H9ClN2O8S. The first kappa shape index (κ1) is 17.8. The van der Waals surface area contributed by atoms with E-state index in [0.717, 1.165) is 13.0 Å². The number of aromatic nitrogens is 1. The Morgan fingerprint density at radius 2 is 2.04 bits per heavy atom. The number of hydrogen-bond acceptors (Lipinski definition) is 7. The average Bonchev–Trinajstić information content (AvgIpc) is 2.37. The van der Waals surface area contributed by atoms with E-state index in [1.165, 1.54) is 6.92 Å². The number of fused-ring (bicyclic) bond motifs is 1. The van der Waals surface area contributed by atoms with Gasteiger partial charge in [0.2, 0.25) is 5.75 Å². The summed E-state index contributed by atoms with van der Waals surface area (Å²) in [5.41, 5.74) is -2.25. The molecule has 0 saturated carbocycles. The van der Waals surface area contributed by atoms with Crippen LogP contribution in [0.5, 0.6) is 5.75 Å². The van der Waals surface area contributed by atoms with Crippen molar-refractivity contribution in [2.24, 2.45) is 0 Å². The van der Waals surface area contributed by atoms with Crippen LogP contribution >= 0.6 is 11.6 Å². The van der Waals surface area contributed by atoms with Crippen molar-refractivity contribution in [3.63, 3.8) is 0 Å². The minimum absolute atomic E-state index is 0.0735. The topological polar surface area (TPSA) is 157 Å². The third kappa shape index (κ3) is 3.09. The van der Waals surface area contributed by atoms with Gasteiger partial charge in [-0.25, -0.2) is 0 Å². The van der Waals surface area contributed by atoms with Crippen LogP contribution in [0.3, 0.4) is 0 Å². The molecule has 0 aliphatic carbocycles. The van der Waals surface area contributed by atoms with Gasteiger partial charge in [-0.1, -0.05) is 11.6 Å². The third-order valence-electron chi connectivity index (χ3n) is 3.16. The smallest absolute Gasteiger partial charge is 0.354 e. The molecular weight excluding hydrogens is 368 g/mol. The predicted octanol–water partition coefficient (Wildman–Crippen LogP) is 1.78. The van der Waals surface area contributed by atoms with E-state index in [9.17, 15) is 28.1 Å². The number of rotatable bonds is 4. The first-order valence-corrected chi connectivity index (χ1v) is 7.89. The lowest BCUT2D eigenvalue weighted by molar-refractivity contribution is -0.383. The standard InChI is InChI=1S/C12H9ClN2O8S/c1-4-8(5(2)16)12(17)14-10-6(13)3-7(23-24(20,21)22)11(9(4)10)15(18)19/h3H,1-2H3,(H,14,17)(H,20,21,22). The second-order valence-electron chi connectivity index (χ2n) is 4.73. The van der Waals surface area contributed by atoms with Crippen LogP contribution in [0, 0.1) is 17.0 Å². The Bertz CT molecular complexity index is 1060. The normalized spacial score (nSPS) is 11.5. The molecule has 0 aliphatic heterocycles. The minimum Gasteiger partial charge on any atom is -0.354 e. The molecule has 0 saturated heterocycles. The Morgan fingerprint density at radius 3 is 2.50 bits per heavy atom. The van der Waals surface area contributed by atoms with E-state index in [2.05, 4.69) is 9.17 Å². The number of H-pyrrole nitrogens is 1. The number of pyridine rings is 1. The molecule has 0 aliphatic rings. The lowest BCUT2D eigenvalue weighted by atomic mass is 10.0. The zero-order valence-electron chi connectivity index (χ0n) is 12.1. The maximum Gasteiger partial charge on any atom is 0.446 e. The van der Waals surface area contributed by atoms with Gasteiger partial charge in [0.15, 0.2) is 5.78 Å². The highest BCUT2D eigenvalue weighted by Gasteiger charge is 2.29. The van der Waals surface area contributed by atoms with Crippen LogP contribution < -0.4 is 9.74 Å². The SMILES string of the molecule is CC(=O)c1c(C)c2c([N+](=O)[O-])c(OS(=O)(=O)O)cc(Cl)c2[nH]c1=O. The monoisotopic (exact) mass is 376 g/mol. The van der Waals surface area contributed by atoms with Gasteiger partial charge >= 0.3 is 16.1 Å². The van der Waals surface area contributed by atoms with Crippen LogP contribution in [-0.4, -0.2) is 28.7 Å². The van der Waals surface area contributed by atoms with Crippen molar-refractivity contribution in [1.82, 2.24) is 4.98 Å². The van der Waals surface area contributed by atoms with Crippen LogP contribution in [0.2, 0.25) is 5.02 Å². The summed E-state index contributed by atoms with van der Waals surface area (Å²) in [4.78, 5) is 36.2. The molecule has 2 aromatic rings. The fourth-order valence-electron chi connectivity index (χ4n) is 2.36. The number of carbonyl (C=O) groups is 1. The van der Waals surface area contributed by atoms with Gasteiger partial charge in [0.05, 0.1) is 26.4 Å². The summed E-state index contributed by atoms with van der Waals surface area (Å²) >= 11 is 5.91. The molecule has 0 unspecified atom stereocenters. The average molecular weight is 377 g/mol. The van der Waals surface area contributed by atoms with Crippen molar-refractivity contribution in [2.75, 3.05) is 0 Å². The summed E-state index contributed by atoms with van der Waals surface area (Å²) in [5.74, 6) is -1.51. The number of aromatic amines is 1. The van der Waals surface area contributed by atoms with Gasteiger partial charge in [-0.3, -0.25) is 24.3 Å². The number of nitrogens with zero attached hydrogens (tertiary/aromatic N) is 1. The molecule has 10 nitrogen and oxygen atoms in total. The molecule has 0 spiro atoms. The van der Waals surface area contributed by atoms with Gasteiger partial charge < -0.3 is 9.17 Å². The predicted molar refractivity (Wildman–Crippen MR) is 83.2 cm³/mol. The maximum absolute atomic E-state index is 12.0. The van der Waals surface area contributed by atoms with Crippen LogP contribution in [0.1, 0.15) is 22.8 Å². The largest absolute Gasteiger partial charge is 0.446 e. The van der Waals surface area contributed by atoms with Crippen LogP contribution in [0.4, 0.5) is 5.69 Å². The third-order valence-corrected chi connectivity index (χ3v) is 3.85. The van der Waals surface area contributed by atoms with Crippen LogP contribution in [0.15, 0.2) is 10.9 Å². The van der Waals surface area contributed by atoms with Crippen molar-refractivity contribution >= 4 is 44.4 Å². The summed E-state index contributed by atoms with van der Waals surface area (Å²) in [6.07, 6.45) is 0. The van der Waals surface area contributed by atoms with Gasteiger partial charge in [0, 0.05) is 6.07 Å². The molecule has 24 heavy (non-hydrogen) atoms. The molecule has 1 heterocycles. The van der Waals surface area contributed by atoms with Gasteiger partial charge in [0.1, 0.15) is 0 Å². The Balaban J connectivity index is 3.10. The van der Waals surface area contributed by atoms with Crippen molar-refractivity contribution in [1.29, 1.82) is 0 Å². The van der Waals surface area contributed by atoms with Crippen LogP contribution in [-0.2, 0) is 10.4 Å². The van der Waals surface area contributed by atoms with E-state index in [-0.39, 0.29) is 27.1 Å². The Morgan fingerprint density at radius 1 is 1.46 bits per heavy atom. The number of benzene rings is 1. The molecule has 2 N–H and O–H groups in total. The zero-order valence-corrected chi connectivity index (χ0v) is 13.7. The molecule has 0 fully saturated rings. The summed E-state index contributed by atoms with van der Waals surface area (Å²) in [5, 5.41) is 10.8. The summed E-state index contributed by atoms with van der Waals surface area (Å²) < 4.78 is 34.7. The van der Waals surface area contributed by atoms with E-state index >= 15 is 0 Å². The lowest BCUT2D eigenvalue weighted by Crippen LogP contribution is -2.19. The first-order chi connectivity index (χ1) is 10.9. The maximum atomic E-state index is 12.0. The highest BCUT2D eigenvalue weighted by atomic mass is 35.5. The van der Waals surface area contributed by atoms with Crippen molar-refractivity contribution in [3.05, 3.63) is 42.7 Å². The fraction of sp³-hybridized carbons (Fsp3) is 0.167. The van der Waals surface area contributed by atoms with Crippen molar-refractivity contribution in [2.45, 2.75) is 13.8 Å². The van der Waals surface area contributed by atoms with Crippen LogP contribution in [0.25, 0.3) is 10.9 Å². The van der Waals surface area contributed by atoms with E-state index in [1.807, 2.05) is 0 Å². The second kappa shape index (κ2) is 5.85. The highest BCUT2D eigenvalue weighted by molar-refractivity contribution is 7.81. The number of nitrogens with one attached hydrogen (secondary N) is 1. The number of aryl methyl sites for hydroxylation is 1. The van der Waals surface area contributed by atoms with E-state index < -0.39 is 38.1 Å². The van der Waals surface area contributed by atoms with Gasteiger partial charge in [-0.05, 0) is 19.4 Å². The van der Waals surface area contributed by atoms with Gasteiger partial charge in [-0.15, -0.1) is 0 Å². The van der Waals surface area contributed by atoms with Gasteiger partial charge in [-0.2, -0.15) is 8.42 Å². The number of Topliss-reactive ketones (excluding diaryl/α,β-unsaturated/α-hetero) is 1. The quantitative estimate of drug-likeness (QED) is 0.353.